The number of ether oxygens (including phenoxy) is 2. The highest BCUT2D eigenvalue weighted by atomic mass is 35.5. The molecule has 20 heavy (non-hydrogen) atoms. The summed E-state index contributed by atoms with van der Waals surface area (Å²) in [7, 11) is 1.44. The topological polar surface area (TPSA) is 30.5 Å². The van der Waals surface area contributed by atoms with Crippen molar-refractivity contribution in [3.05, 3.63) is 23.0 Å². The number of methoxy groups -OCH3 is 1. The molecule has 2 aliphatic rings. The molecule has 0 aromatic heterocycles. The summed E-state index contributed by atoms with van der Waals surface area (Å²) in [4.78, 5) is 0. The van der Waals surface area contributed by atoms with Crippen molar-refractivity contribution in [3.8, 4) is 11.5 Å². The molecule has 1 aromatic carbocycles. The van der Waals surface area contributed by atoms with Crippen molar-refractivity contribution in [2.45, 2.75) is 25.4 Å². The van der Waals surface area contributed by atoms with Crippen molar-refractivity contribution in [3.63, 3.8) is 0 Å². The van der Waals surface area contributed by atoms with Crippen LogP contribution in [0.3, 0.4) is 0 Å². The molecule has 110 valence electrons. The summed E-state index contributed by atoms with van der Waals surface area (Å²) < 4.78 is 25.3. The first kappa shape index (κ1) is 14.0. The Balaban J connectivity index is 1.84. The fourth-order valence-electron chi connectivity index (χ4n) is 2.88. The Morgan fingerprint density at radius 2 is 2.10 bits per heavy atom. The molecule has 1 aromatic rings. The lowest BCUT2D eigenvalue weighted by Gasteiger charge is -2.25. The van der Waals surface area contributed by atoms with Gasteiger partial charge in [-0.15, -0.1) is 0 Å². The van der Waals surface area contributed by atoms with Crippen LogP contribution < -0.4 is 14.8 Å². The van der Waals surface area contributed by atoms with Gasteiger partial charge in [0.25, 0.3) is 0 Å². The molecule has 1 aliphatic carbocycles. The molecule has 1 N–H and O–H groups in total. The first-order valence-electron chi connectivity index (χ1n) is 7.10. The van der Waals surface area contributed by atoms with E-state index in [9.17, 15) is 4.39 Å². The molecule has 0 radical (unpaired) electrons. The Bertz CT molecular complexity index is 487. The fraction of sp³-hybridized carbons (Fsp3) is 0.600. The highest BCUT2D eigenvalue weighted by Gasteiger charge is 2.40. The zero-order valence-corrected chi connectivity index (χ0v) is 12.3. The Labute approximate surface area is 123 Å². The van der Waals surface area contributed by atoms with Crippen molar-refractivity contribution in [2.75, 3.05) is 20.2 Å². The maximum atomic E-state index is 14.3. The minimum atomic E-state index is -0.503. The van der Waals surface area contributed by atoms with E-state index >= 15 is 0 Å². The summed E-state index contributed by atoms with van der Waals surface area (Å²) in [6, 6.07) is 3.14. The third kappa shape index (κ3) is 2.72. The molecule has 1 saturated heterocycles. The van der Waals surface area contributed by atoms with Crippen molar-refractivity contribution >= 4 is 11.6 Å². The van der Waals surface area contributed by atoms with Crippen molar-refractivity contribution in [1.82, 2.24) is 5.32 Å². The molecule has 2 fully saturated rings. The molecule has 2 atom stereocenters. The van der Waals surface area contributed by atoms with Gasteiger partial charge >= 0.3 is 0 Å². The van der Waals surface area contributed by atoms with E-state index in [0.717, 1.165) is 32.4 Å². The third-order valence-electron chi connectivity index (χ3n) is 4.14. The van der Waals surface area contributed by atoms with E-state index in [0.29, 0.717) is 16.9 Å². The zero-order chi connectivity index (χ0) is 14.1. The van der Waals surface area contributed by atoms with Crippen LogP contribution in [0.2, 0.25) is 5.02 Å². The number of nitrogens with one attached hydrogen (secondary N) is 1. The second-order valence-electron chi connectivity index (χ2n) is 5.57. The van der Waals surface area contributed by atoms with Crippen LogP contribution in [0.25, 0.3) is 0 Å². The van der Waals surface area contributed by atoms with E-state index in [1.54, 1.807) is 6.07 Å². The minimum absolute atomic E-state index is 0.0455. The summed E-state index contributed by atoms with van der Waals surface area (Å²) in [5, 5.41) is 3.65. The van der Waals surface area contributed by atoms with Crippen molar-refractivity contribution in [1.29, 1.82) is 0 Å². The Morgan fingerprint density at radius 3 is 2.70 bits per heavy atom. The van der Waals surface area contributed by atoms with Gasteiger partial charge in [-0.1, -0.05) is 11.6 Å². The molecule has 1 aliphatic heterocycles. The maximum Gasteiger partial charge on any atom is 0.208 e. The van der Waals surface area contributed by atoms with Crippen LogP contribution in [0.5, 0.6) is 11.5 Å². The number of hydrogen-bond donors (Lipinski definition) is 1. The predicted octanol–water partition coefficient (Wildman–Crippen LogP) is 3.25. The maximum absolute atomic E-state index is 14.3. The SMILES string of the molecule is COc1ccc(Cl)c(OC(C2CC2)[C@H]2CCNC2)c1F. The monoisotopic (exact) mass is 299 g/mol. The van der Waals surface area contributed by atoms with E-state index in [4.69, 9.17) is 21.1 Å². The summed E-state index contributed by atoms with van der Waals surface area (Å²) in [5.41, 5.74) is 0. The average Bonchev–Trinajstić information content (AvgIpc) is 3.13. The zero-order valence-electron chi connectivity index (χ0n) is 11.5. The molecule has 0 amide bonds. The summed E-state index contributed by atoms with van der Waals surface area (Å²) in [6.45, 7) is 1.94. The lowest BCUT2D eigenvalue weighted by Crippen LogP contribution is -2.31. The third-order valence-corrected chi connectivity index (χ3v) is 4.43. The number of hydrogen-bond acceptors (Lipinski definition) is 3. The summed E-state index contributed by atoms with van der Waals surface area (Å²) in [6.07, 6.45) is 3.43. The van der Waals surface area contributed by atoms with Gasteiger partial charge in [-0.25, -0.2) is 0 Å². The first-order chi connectivity index (χ1) is 9.70. The van der Waals surface area contributed by atoms with Gasteiger partial charge in [0.05, 0.1) is 12.1 Å². The van der Waals surface area contributed by atoms with Gasteiger partial charge in [-0.2, -0.15) is 4.39 Å². The highest BCUT2D eigenvalue weighted by Crippen LogP contribution is 2.42. The van der Waals surface area contributed by atoms with Gasteiger partial charge in [-0.05, 0) is 43.9 Å². The average molecular weight is 300 g/mol. The Kier molecular flexibility index (Phi) is 4.03. The van der Waals surface area contributed by atoms with E-state index in [1.165, 1.54) is 13.2 Å². The predicted molar refractivity (Wildman–Crippen MR) is 76.1 cm³/mol. The number of benzene rings is 1. The highest BCUT2D eigenvalue weighted by molar-refractivity contribution is 6.32. The van der Waals surface area contributed by atoms with E-state index in [1.807, 2.05) is 0 Å². The fourth-order valence-corrected chi connectivity index (χ4v) is 3.07. The van der Waals surface area contributed by atoms with E-state index < -0.39 is 5.82 Å². The van der Waals surface area contributed by atoms with Crippen LogP contribution in [-0.4, -0.2) is 26.3 Å². The first-order valence-corrected chi connectivity index (χ1v) is 7.48. The van der Waals surface area contributed by atoms with Crippen LogP contribution >= 0.6 is 11.6 Å². The van der Waals surface area contributed by atoms with Crippen LogP contribution in [0.1, 0.15) is 19.3 Å². The van der Waals surface area contributed by atoms with Crippen molar-refractivity contribution < 1.29 is 13.9 Å². The normalized spacial score (nSPS) is 23.6. The lowest BCUT2D eigenvalue weighted by atomic mass is 9.97. The molecule has 0 bridgehead atoms. The molecule has 0 spiro atoms. The Hall–Kier alpha value is -1.00. The van der Waals surface area contributed by atoms with Gasteiger partial charge in [0.1, 0.15) is 6.10 Å². The molecule has 1 heterocycles. The largest absolute Gasteiger partial charge is 0.494 e. The van der Waals surface area contributed by atoms with Gasteiger partial charge in [0.2, 0.25) is 5.82 Å². The summed E-state index contributed by atoms with van der Waals surface area (Å²) >= 11 is 6.10. The van der Waals surface area contributed by atoms with Gasteiger partial charge in [-0.3, -0.25) is 0 Å². The summed E-state index contributed by atoms with van der Waals surface area (Å²) in [5.74, 6) is 0.764. The second-order valence-corrected chi connectivity index (χ2v) is 5.97. The molecule has 3 nitrogen and oxygen atoms in total. The van der Waals surface area contributed by atoms with E-state index in [2.05, 4.69) is 5.32 Å². The standard InChI is InChI=1S/C15H19ClFNO2/c1-19-12-5-4-11(16)15(13(12)17)20-14(9-2-3-9)10-6-7-18-8-10/h4-5,9-10,14,18H,2-3,6-8H2,1H3/t10-,14?/m0/s1. The van der Waals surface area contributed by atoms with Gasteiger partial charge in [0.15, 0.2) is 11.5 Å². The Morgan fingerprint density at radius 1 is 1.30 bits per heavy atom. The van der Waals surface area contributed by atoms with Crippen LogP contribution in [0, 0.1) is 17.7 Å². The molecular formula is C15H19ClFNO2. The lowest BCUT2D eigenvalue weighted by molar-refractivity contribution is 0.115. The second kappa shape index (κ2) is 5.78. The van der Waals surface area contributed by atoms with Crippen LogP contribution in [0.15, 0.2) is 12.1 Å². The van der Waals surface area contributed by atoms with Crippen LogP contribution in [0.4, 0.5) is 4.39 Å². The van der Waals surface area contributed by atoms with Gasteiger partial charge < -0.3 is 14.8 Å². The van der Waals surface area contributed by atoms with Crippen molar-refractivity contribution in [2.24, 2.45) is 11.8 Å². The van der Waals surface area contributed by atoms with E-state index in [-0.39, 0.29) is 17.6 Å². The molecule has 5 heteroatoms. The molecule has 1 unspecified atom stereocenters. The molecular weight excluding hydrogens is 281 g/mol. The molecule has 3 rings (SSSR count). The van der Waals surface area contributed by atoms with Crippen LogP contribution in [-0.2, 0) is 0 Å². The minimum Gasteiger partial charge on any atom is -0.494 e. The quantitative estimate of drug-likeness (QED) is 0.905. The number of rotatable bonds is 5. The number of halogens is 2. The molecule has 1 saturated carbocycles. The smallest absolute Gasteiger partial charge is 0.208 e. The van der Waals surface area contributed by atoms with Gasteiger partial charge in [0, 0.05) is 12.5 Å².